The van der Waals surface area contributed by atoms with Gasteiger partial charge < -0.3 is 18.9 Å². The highest BCUT2D eigenvalue weighted by Gasteiger charge is 2.17. The molecule has 2 aromatic carbocycles. The highest BCUT2D eigenvalue weighted by Crippen LogP contribution is 2.34. The third-order valence-corrected chi connectivity index (χ3v) is 5.00. The van der Waals surface area contributed by atoms with Crippen molar-refractivity contribution in [1.29, 1.82) is 0 Å². The molecular weight excluding hydrogens is 488 g/mol. The third-order valence-electron chi connectivity index (χ3n) is 5.00. The smallest absolute Gasteiger partial charge is 0.338 e. The van der Waals surface area contributed by atoms with Crippen molar-refractivity contribution in [1.82, 2.24) is 0 Å². The van der Waals surface area contributed by atoms with Crippen LogP contribution in [0.15, 0.2) is 85.0 Å². The van der Waals surface area contributed by atoms with E-state index in [1.807, 2.05) is 0 Å². The highest BCUT2D eigenvalue weighted by molar-refractivity contribution is 5.91. The van der Waals surface area contributed by atoms with Crippen molar-refractivity contribution in [3.63, 3.8) is 0 Å². The molecular formula is C30H30O8. The van der Waals surface area contributed by atoms with Crippen molar-refractivity contribution >= 4 is 23.9 Å². The Kier molecular flexibility index (Phi) is 10.1. The van der Waals surface area contributed by atoms with Gasteiger partial charge in [-0.1, -0.05) is 44.5 Å². The molecule has 2 aromatic rings. The Labute approximate surface area is 221 Å². The fraction of sp³-hybridized carbons (Fsp3) is 0.200. The fourth-order valence-corrected chi connectivity index (χ4v) is 2.84. The third kappa shape index (κ3) is 8.16. The molecule has 0 unspecified atom stereocenters. The molecule has 0 radical (unpaired) electrons. The van der Waals surface area contributed by atoms with Crippen molar-refractivity contribution in [2.24, 2.45) is 0 Å². The summed E-state index contributed by atoms with van der Waals surface area (Å²) in [6.07, 6.45) is 0. The molecule has 2 rings (SSSR count). The molecule has 0 N–H and O–H groups in total. The van der Waals surface area contributed by atoms with Crippen molar-refractivity contribution in [2.45, 2.75) is 40.9 Å². The Balaban J connectivity index is 2.51. The van der Waals surface area contributed by atoms with Crippen LogP contribution in [0.4, 0.5) is 0 Å². The van der Waals surface area contributed by atoms with Crippen LogP contribution in [0, 0.1) is 0 Å². The average Bonchev–Trinajstić information content (AvgIpc) is 2.86. The molecule has 0 aliphatic rings. The minimum Gasteiger partial charge on any atom is -0.457 e. The minimum absolute atomic E-state index is 0.000162. The van der Waals surface area contributed by atoms with Gasteiger partial charge in [0.15, 0.2) is 11.5 Å². The molecule has 198 valence electrons. The van der Waals surface area contributed by atoms with E-state index >= 15 is 0 Å². The van der Waals surface area contributed by atoms with Gasteiger partial charge in [0, 0.05) is 22.3 Å². The zero-order chi connectivity index (χ0) is 28.6. The van der Waals surface area contributed by atoms with E-state index in [2.05, 4.69) is 26.3 Å². The van der Waals surface area contributed by atoms with Crippen molar-refractivity contribution in [2.75, 3.05) is 0 Å². The fourth-order valence-electron chi connectivity index (χ4n) is 2.84. The van der Waals surface area contributed by atoms with Crippen LogP contribution in [0.5, 0.6) is 11.5 Å². The predicted octanol–water partition coefficient (Wildman–Crippen LogP) is 5.56. The largest absolute Gasteiger partial charge is 0.457 e. The van der Waals surface area contributed by atoms with Crippen molar-refractivity contribution in [3.8, 4) is 22.6 Å². The lowest BCUT2D eigenvalue weighted by atomic mass is 9.99. The standard InChI is InChI=1S/C30H30O8/c1-17(2)27(31)35-15-23-10-9-21(13-24(23)16-36-28(32)18(3)4)22-11-12-25(37-29(33)19(5)6)26(14-22)38-30(34)20(7)8/h9-14H,1,3,5,7,15-16H2,2,4,6,8H3. The van der Waals surface area contributed by atoms with Gasteiger partial charge >= 0.3 is 23.9 Å². The number of carbonyl (C=O) groups is 4. The van der Waals surface area contributed by atoms with E-state index in [-0.39, 0.29) is 47.0 Å². The molecule has 0 aliphatic carbocycles. The predicted molar refractivity (Wildman–Crippen MR) is 142 cm³/mol. The van der Waals surface area contributed by atoms with Gasteiger partial charge in [0.2, 0.25) is 0 Å². The average molecular weight is 519 g/mol. The quantitative estimate of drug-likeness (QED) is 0.216. The Morgan fingerprint density at radius 3 is 1.47 bits per heavy atom. The molecule has 0 aromatic heterocycles. The molecule has 0 aliphatic heterocycles. The monoisotopic (exact) mass is 518 g/mol. The number of esters is 4. The molecule has 8 heteroatoms. The second kappa shape index (κ2) is 13.0. The summed E-state index contributed by atoms with van der Waals surface area (Å²) < 4.78 is 21.3. The van der Waals surface area contributed by atoms with Gasteiger partial charge in [-0.15, -0.1) is 0 Å². The summed E-state index contributed by atoms with van der Waals surface area (Å²) in [6.45, 7) is 20.2. The Morgan fingerprint density at radius 1 is 0.553 bits per heavy atom. The molecule has 0 saturated heterocycles. The van der Waals surface area contributed by atoms with Crippen LogP contribution in [-0.2, 0) is 41.9 Å². The maximum absolute atomic E-state index is 12.2. The lowest BCUT2D eigenvalue weighted by Gasteiger charge is -2.15. The lowest BCUT2D eigenvalue weighted by molar-refractivity contribution is -0.141. The summed E-state index contributed by atoms with van der Waals surface area (Å²) in [5.74, 6) is -2.48. The van der Waals surface area contributed by atoms with Gasteiger partial charge in [-0.25, -0.2) is 19.2 Å². The van der Waals surface area contributed by atoms with E-state index in [4.69, 9.17) is 18.9 Å². The SMILES string of the molecule is C=C(C)C(=O)OCc1ccc(-c2ccc(OC(=O)C(=C)C)c(OC(=O)C(=C)C)c2)cc1COC(=O)C(=C)C. The van der Waals surface area contributed by atoms with Crippen LogP contribution in [-0.4, -0.2) is 23.9 Å². The first-order valence-electron chi connectivity index (χ1n) is 11.5. The van der Waals surface area contributed by atoms with Crippen LogP contribution in [0.2, 0.25) is 0 Å². The van der Waals surface area contributed by atoms with E-state index in [9.17, 15) is 19.2 Å². The van der Waals surface area contributed by atoms with Crippen molar-refractivity contribution < 1.29 is 38.1 Å². The Hall–Kier alpha value is -4.72. The number of benzene rings is 2. The topological polar surface area (TPSA) is 105 Å². The molecule has 0 heterocycles. The van der Waals surface area contributed by atoms with Crippen LogP contribution >= 0.6 is 0 Å². The Bertz CT molecular complexity index is 1350. The molecule has 0 bridgehead atoms. The second-order valence-corrected chi connectivity index (χ2v) is 8.70. The van der Waals surface area contributed by atoms with Crippen LogP contribution < -0.4 is 9.47 Å². The number of rotatable bonds is 11. The van der Waals surface area contributed by atoms with E-state index in [1.54, 1.807) is 24.3 Å². The highest BCUT2D eigenvalue weighted by atomic mass is 16.6. The zero-order valence-corrected chi connectivity index (χ0v) is 22.0. The van der Waals surface area contributed by atoms with Crippen LogP contribution in [0.1, 0.15) is 38.8 Å². The first-order chi connectivity index (χ1) is 17.8. The van der Waals surface area contributed by atoms with E-state index in [0.717, 1.165) is 0 Å². The van der Waals surface area contributed by atoms with Crippen LogP contribution in [0.3, 0.4) is 0 Å². The van der Waals surface area contributed by atoms with Gasteiger partial charge in [0.1, 0.15) is 13.2 Å². The Morgan fingerprint density at radius 2 is 0.974 bits per heavy atom. The first-order valence-corrected chi connectivity index (χ1v) is 11.5. The summed E-state index contributed by atoms with van der Waals surface area (Å²) >= 11 is 0. The summed E-state index contributed by atoms with van der Waals surface area (Å²) in [6, 6.07) is 9.91. The molecule has 0 fully saturated rings. The summed E-state index contributed by atoms with van der Waals surface area (Å²) in [7, 11) is 0. The number of carbonyl (C=O) groups excluding carboxylic acids is 4. The molecule has 38 heavy (non-hydrogen) atoms. The van der Waals surface area contributed by atoms with E-state index in [0.29, 0.717) is 22.3 Å². The maximum atomic E-state index is 12.2. The van der Waals surface area contributed by atoms with Crippen molar-refractivity contribution in [3.05, 3.63) is 96.1 Å². The number of ether oxygens (including phenoxy) is 4. The molecule has 0 atom stereocenters. The maximum Gasteiger partial charge on any atom is 0.338 e. The minimum atomic E-state index is -0.697. The van der Waals surface area contributed by atoms with Gasteiger partial charge in [0.05, 0.1) is 0 Å². The summed E-state index contributed by atoms with van der Waals surface area (Å²) in [5.41, 5.74) is 3.26. The molecule has 0 amide bonds. The lowest BCUT2D eigenvalue weighted by Crippen LogP contribution is -2.13. The van der Waals surface area contributed by atoms with E-state index < -0.39 is 23.9 Å². The summed E-state index contributed by atoms with van der Waals surface area (Å²) in [5, 5.41) is 0. The molecule has 8 nitrogen and oxygen atoms in total. The van der Waals surface area contributed by atoms with Gasteiger partial charge in [0.25, 0.3) is 0 Å². The van der Waals surface area contributed by atoms with Gasteiger partial charge in [-0.05, 0) is 68.1 Å². The molecule has 0 spiro atoms. The van der Waals surface area contributed by atoms with Gasteiger partial charge in [-0.3, -0.25) is 0 Å². The second-order valence-electron chi connectivity index (χ2n) is 8.70. The molecule has 0 saturated carbocycles. The normalized spacial score (nSPS) is 10.1. The summed E-state index contributed by atoms with van der Waals surface area (Å²) in [4.78, 5) is 48.2. The number of hydrogen-bond donors (Lipinski definition) is 0. The van der Waals surface area contributed by atoms with Gasteiger partial charge in [-0.2, -0.15) is 0 Å². The van der Waals surface area contributed by atoms with Crippen LogP contribution in [0.25, 0.3) is 11.1 Å². The van der Waals surface area contributed by atoms with E-state index in [1.165, 1.54) is 39.8 Å². The zero-order valence-electron chi connectivity index (χ0n) is 22.0. The first kappa shape index (κ1) is 29.5. The number of hydrogen-bond acceptors (Lipinski definition) is 8.